The highest BCUT2D eigenvalue weighted by Gasteiger charge is 2.75. The molecule has 6 rings (SSSR count). The van der Waals surface area contributed by atoms with Gasteiger partial charge in [-0.25, -0.2) is 4.79 Å². The lowest BCUT2D eigenvalue weighted by atomic mass is 9.46. The predicted molar refractivity (Wildman–Crippen MR) is 115 cm³/mol. The number of cyclic esters (lactones) is 2. The fourth-order valence-electron chi connectivity index (χ4n) is 5.78. The Hall–Kier alpha value is -3.25. The van der Waals surface area contributed by atoms with Gasteiger partial charge in [0.05, 0.1) is 12.5 Å². The number of ether oxygens (including phenoxy) is 3. The topological polar surface area (TPSA) is 78.9 Å². The number of esters is 3. The zero-order valence-corrected chi connectivity index (χ0v) is 18.3. The second-order valence-electron chi connectivity index (χ2n) is 8.99. The van der Waals surface area contributed by atoms with Crippen molar-refractivity contribution in [2.24, 2.45) is 11.3 Å². The molecule has 1 saturated heterocycles. The lowest BCUT2D eigenvalue weighted by Crippen LogP contribution is -2.62. The van der Waals surface area contributed by atoms with Gasteiger partial charge in [0.2, 0.25) is 0 Å². The molecule has 3 aliphatic carbocycles. The average Bonchev–Trinajstić information content (AvgIpc) is 3.00. The molecule has 0 saturated carbocycles. The van der Waals surface area contributed by atoms with Crippen molar-refractivity contribution in [3.8, 4) is 0 Å². The molecule has 0 radical (unpaired) electrons. The number of hydrogen-bond donors (Lipinski definition) is 0. The Balaban J connectivity index is 1.70. The largest absolute Gasteiger partial charge is 0.460 e. The molecule has 4 aliphatic rings. The number of aryl methyl sites for hydroxylation is 1. The van der Waals surface area contributed by atoms with E-state index in [1.165, 1.54) is 0 Å². The summed E-state index contributed by atoms with van der Waals surface area (Å²) in [7, 11) is 0. The smallest absolute Gasteiger partial charge is 0.333 e. The molecule has 164 valence electrons. The van der Waals surface area contributed by atoms with E-state index in [1.54, 1.807) is 13.8 Å². The fourth-order valence-corrected chi connectivity index (χ4v) is 5.78. The molecule has 0 spiro atoms. The average molecular weight is 432 g/mol. The molecule has 6 nitrogen and oxygen atoms in total. The van der Waals surface area contributed by atoms with Gasteiger partial charge in [0, 0.05) is 11.5 Å². The molecule has 2 bridgehead atoms. The summed E-state index contributed by atoms with van der Waals surface area (Å²) in [6.07, 6.45) is 0. The van der Waals surface area contributed by atoms with E-state index in [-0.39, 0.29) is 19.1 Å². The maximum Gasteiger partial charge on any atom is 0.333 e. The maximum absolute atomic E-state index is 13.3. The molecule has 1 heterocycles. The van der Waals surface area contributed by atoms with E-state index in [0.717, 1.165) is 27.8 Å². The molecule has 32 heavy (non-hydrogen) atoms. The first-order valence-electron chi connectivity index (χ1n) is 10.7. The monoisotopic (exact) mass is 432 g/mol. The van der Waals surface area contributed by atoms with Crippen molar-refractivity contribution in [2.45, 2.75) is 32.3 Å². The Morgan fingerprint density at radius 3 is 2.56 bits per heavy atom. The van der Waals surface area contributed by atoms with Gasteiger partial charge >= 0.3 is 17.9 Å². The Kier molecular flexibility index (Phi) is 4.43. The summed E-state index contributed by atoms with van der Waals surface area (Å²) in [5.41, 5.74) is 2.44. The first-order valence-corrected chi connectivity index (χ1v) is 10.7. The highest BCUT2D eigenvalue weighted by molar-refractivity contribution is 6.03. The molecule has 2 aromatic carbocycles. The predicted octanol–water partition coefficient (Wildman–Crippen LogP) is 3.54. The van der Waals surface area contributed by atoms with Crippen molar-refractivity contribution in [2.75, 3.05) is 13.2 Å². The van der Waals surface area contributed by atoms with Crippen LogP contribution in [0.25, 0.3) is 0 Å². The van der Waals surface area contributed by atoms with Crippen molar-refractivity contribution >= 4 is 17.9 Å². The first-order chi connectivity index (χ1) is 15.2. The van der Waals surface area contributed by atoms with Gasteiger partial charge in [-0.2, -0.15) is 0 Å². The lowest BCUT2D eigenvalue weighted by Gasteiger charge is -2.58. The molecular formula is C26H24O6. The van der Waals surface area contributed by atoms with Crippen LogP contribution in [-0.2, 0) is 34.2 Å². The van der Waals surface area contributed by atoms with Gasteiger partial charge < -0.3 is 14.2 Å². The zero-order chi connectivity index (χ0) is 22.8. The minimum Gasteiger partial charge on any atom is -0.460 e. The molecule has 1 aliphatic heterocycles. The second kappa shape index (κ2) is 6.87. The van der Waals surface area contributed by atoms with Crippen molar-refractivity contribution in [3.05, 3.63) is 82.4 Å². The third-order valence-electron chi connectivity index (χ3n) is 7.14. The summed E-state index contributed by atoms with van der Waals surface area (Å²) in [5, 5.41) is 0. The maximum atomic E-state index is 13.3. The van der Waals surface area contributed by atoms with Crippen LogP contribution in [0.3, 0.4) is 0 Å². The van der Waals surface area contributed by atoms with Crippen molar-refractivity contribution in [3.63, 3.8) is 0 Å². The molecular weight excluding hydrogens is 408 g/mol. The van der Waals surface area contributed by atoms with Crippen LogP contribution >= 0.6 is 0 Å². The van der Waals surface area contributed by atoms with Gasteiger partial charge in [0.25, 0.3) is 0 Å². The summed E-state index contributed by atoms with van der Waals surface area (Å²) >= 11 is 0. The zero-order valence-electron chi connectivity index (χ0n) is 18.3. The van der Waals surface area contributed by atoms with Crippen LogP contribution in [0, 0.1) is 18.3 Å². The lowest BCUT2D eigenvalue weighted by molar-refractivity contribution is -0.177. The minimum atomic E-state index is -1.25. The number of carbonyl (C=O) groups excluding carboxylic acids is 3. The van der Waals surface area contributed by atoms with Crippen LogP contribution in [0.15, 0.2) is 54.6 Å². The van der Waals surface area contributed by atoms with Gasteiger partial charge in [0.1, 0.15) is 17.6 Å². The van der Waals surface area contributed by atoms with Gasteiger partial charge in [-0.1, -0.05) is 54.6 Å². The number of benzene rings is 2. The Morgan fingerprint density at radius 2 is 1.81 bits per heavy atom. The first kappa shape index (κ1) is 20.6. The third kappa shape index (κ3) is 2.41. The van der Waals surface area contributed by atoms with E-state index >= 15 is 0 Å². The fraction of sp³-hybridized carbons (Fsp3) is 0.346. The van der Waals surface area contributed by atoms with Gasteiger partial charge in [-0.3, -0.25) is 9.59 Å². The molecule has 6 heteroatoms. The second-order valence-corrected chi connectivity index (χ2v) is 8.99. The van der Waals surface area contributed by atoms with Gasteiger partial charge in [-0.15, -0.1) is 0 Å². The van der Waals surface area contributed by atoms with Gasteiger partial charge in [0.15, 0.2) is 0 Å². The summed E-state index contributed by atoms with van der Waals surface area (Å²) in [6, 6.07) is 13.8. The van der Waals surface area contributed by atoms with E-state index in [4.69, 9.17) is 14.2 Å². The Labute approximate surface area is 186 Å². The normalized spacial score (nSPS) is 29.1. The number of rotatable bonds is 5. The standard InChI is InChI=1S/C26H24O6/c1-14(2)22(27)30-11-12-31-26-18-8-6-5-7-16(18)20(17-10-9-15(3)13-19(17)26)21-23(28)32-24(29)25(21,26)4/h5-10,13,20-21H,1,11-12H2,2-4H3. The van der Waals surface area contributed by atoms with Crippen LogP contribution in [0.2, 0.25) is 0 Å². The van der Waals surface area contributed by atoms with Crippen molar-refractivity contribution in [1.82, 2.24) is 0 Å². The number of carbonyl (C=O) groups is 3. The quantitative estimate of drug-likeness (QED) is 0.311. The number of hydrogen-bond acceptors (Lipinski definition) is 6. The van der Waals surface area contributed by atoms with E-state index in [0.29, 0.717) is 5.57 Å². The van der Waals surface area contributed by atoms with Crippen LogP contribution in [0.1, 0.15) is 47.6 Å². The highest BCUT2D eigenvalue weighted by atomic mass is 16.6. The molecule has 4 unspecified atom stereocenters. The SMILES string of the molecule is C=C(C)C(=O)OCCOC12c3ccccc3C(c3ccc(C)cc31)C1C(=O)OC(=O)C12C. The molecule has 1 fully saturated rings. The van der Waals surface area contributed by atoms with Crippen LogP contribution < -0.4 is 0 Å². The summed E-state index contributed by atoms with van der Waals surface area (Å²) in [5.74, 6) is -2.60. The molecule has 2 aromatic rings. The third-order valence-corrected chi connectivity index (χ3v) is 7.14. The van der Waals surface area contributed by atoms with Crippen molar-refractivity contribution < 1.29 is 28.6 Å². The van der Waals surface area contributed by atoms with Crippen molar-refractivity contribution in [1.29, 1.82) is 0 Å². The van der Waals surface area contributed by atoms with Crippen LogP contribution in [0.5, 0.6) is 0 Å². The highest BCUT2D eigenvalue weighted by Crippen LogP contribution is 2.69. The van der Waals surface area contributed by atoms with Crippen LogP contribution in [0.4, 0.5) is 0 Å². The van der Waals surface area contributed by atoms with Gasteiger partial charge in [-0.05, 0) is 43.0 Å². The summed E-state index contributed by atoms with van der Waals surface area (Å²) in [6.45, 7) is 8.93. The molecule has 0 N–H and O–H groups in total. The van der Waals surface area contributed by atoms with E-state index in [2.05, 4.69) is 6.58 Å². The summed E-state index contributed by atoms with van der Waals surface area (Å²) < 4.78 is 17.0. The van der Waals surface area contributed by atoms with Crippen LogP contribution in [-0.4, -0.2) is 31.1 Å². The molecule has 0 amide bonds. The summed E-state index contributed by atoms with van der Waals surface area (Å²) in [4.78, 5) is 38.0. The van der Waals surface area contributed by atoms with E-state index < -0.39 is 34.8 Å². The molecule has 4 atom stereocenters. The Bertz CT molecular complexity index is 1200. The Morgan fingerprint density at radius 1 is 1.09 bits per heavy atom. The molecule has 0 aromatic heterocycles. The van der Waals surface area contributed by atoms with E-state index in [9.17, 15) is 14.4 Å². The van der Waals surface area contributed by atoms with E-state index in [1.807, 2.05) is 49.4 Å². The minimum absolute atomic E-state index is 0.00999.